The molecule has 25 heavy (non-hydrogen) atoms. The summed E-state index contributed by atoms with van der Waals surface area (Å²) in [7, 11) is 0. The molecule has 8 heteroatoms. The summed E-state index contributed by atoms with van der Waals surface area (Å²) in [5.41, 5.74) is 0. The van der Waals surface area contributed by atoms with E-state index in [4.69, 9.17) is 19.4 Å². The maximum Gasteiger partial charge on any atom is 0.309 e. The molecule has 0 saturated carbocycles. The first-order chi connectivity index (χ1) is 12.0. The SMILES string of the molecule is O=C(O)[C@H]1CCN(C2CCN(Cc3ccco3)CC2)C[C@H]1O.O=CO. The number of nitrogens with zero attached hydrogens (tertiary/aromatic N) is 2. The minimum Gasteiger partial charge on any atom is -0.483 e. The molecule has 0 amide bonds. The van der Waals surface area contributed by atoms with Gasteiger partial charge in [-0.15, -0.1) is 0 Å². The van der Waals surface area contributed by atoms with E-state index in [-0.39, 0.29) is 6.47 Å². The lowest BCUT2D eigenvalue weighted by Gasteiger charge is -2.42. The Balaban J connectivity index is 0.000000701. The number of rotatable bonds is 4. The Morgan fingerprint density at radius 1 is 1.28 bits per heavy atom. The van der Waals surface area contributed by atoms with Crippen molar-refractivity contribution < 1.29 is 29.3 Å². The third kappa shape index (κ3) is 5.55. The Morgan fingerprint density at radius 2 is 1.96 bits per heavy atom. The molecule has 3 heterocycles. The second-order valence-corrected chi connectivity index (χ2v) is 6.49. The maximum absolute atomic E-state index is 11.0. The summed E-state index contributed by atoms with van der Waals surface area (Å²) < 4.78 is 5.39. The Kier molecular flexibility index (Phi) is 7.42. The van der Waals surface area contributed by atoms with Gasteiger partial charge in [-0.1, -0.05) is 0 Å². The van der Waals surface area contributed by atoms with Crippen molar-refractivity contribution in [2.24, 2.45) is 5.92 Å². The predicted octanol–water partition coefficient (Wildman–Crippen LogP) is 0.712. The van der Waals surface area contributed by atoms with Crippen LogP contribution in [0.15, 0.2) is 22.8 Å². The fraction of sp³-hybridized carbons (Fsp3) is 0.647. The highest BCUT2D eigenvalue weighted by Crippen LogP contribution is 2.25. The van der Waals surface area contributed by atoms with Crippen LogP contribution >= 0.6 is 0 Å². The van der Waals surface area contributed by atoms with Crippen molar-refractivity contribution in [1.29, 1.82) is 0 Å². The van der Waals surface area contributed by atoms with Crippen molar-refractivity contribution in [3.05, 3.63) is 24.2 Å². The van der Waals surface area contributed by atoms with E-state index < -0.39 is 18.0 Å². The van der Waals surface area contributed by atoms with Crippen LogP contribution in [0.1, 0.15) is 25.0 Å². The largest absolute Gasteiger partial charge is 0.483 e. The molecule has 2 saturated heterocycles. The maximum atomic E-state index is 11.0. The highest BCUT2D eigenvalue weighted by molar-refractivity contribution is 5.70. The van der Waals surface area contributed by atoms with Gasteiger partial charge in [0.1, 0.15) is 5.76 Å². The Hall–Kier alpha value is -1.90. The Bertz CT molecular complexity index is 527. The molecule has 2 aliphatic heterocycles. The minimum atomic E-state index is -0.875. The number of carboxylic acids is 1. The first-order valence-corrected chi connectivity index (χ1v) is 8.52. The fourth-order valence-electron chi connectivity index (χ4n) is 3.64. The lowest BCUT2D eigenvalue weighted by Crippen LogP contribution is -2.53. The summed E-state index contributed by atoms with van der Waals surface area (Å²) in [5.74, 6) is -0.480. The molecule has 2 aliphatic rings. The summed E-state index contributed by atoms with van der Waals surface area (Å²) in [4.78, 5) is 24.1. The number of β-amino-alcohol motifs (C(OH)–C–C–N with tert-alkyl or cyclic N) is 1. The van der Waals surface area contributed by atoms with Crippen molar-refractivity contribution in [2.75, 3.05) is 26.2 Å². The van der Waals surface area contributed by atoms with Crippen molar-refractivity contribution in [3.8, 4) is 0 Å². The summed E-state index contributed by atoms with van der Waals surface area (Å²) in [5, 5.41) is 26.0. The van der Waals surface area contributed by atoms with E-state index in [1.54, 1.807) is 6.26 Å². The smallest absolute Gasteiger partial charge is 0.309 e. The molecular formula is C17H26N2O6. The van der Waals surface area contributed by atoms with E-state index in [1.807, 2.05) is 12.1 Å². The second-order valence-electron chi connectivity index (χ2n) is 6.49. The van der Waals surface area contributed by atoms with Gasteiger partial charge in [0.2, 0.25) is 0 Å². The highest BCUT2D eigenvalue weighted by Gasteiger charge is 2.36. The summed E-state index contributed by atoms with van der Waals surface area (Å²) >= 11 is 0. The third-order valence-electron chi connectivity index (χ3n) is 4.96. The molecule has 1 aromatic rings. The molecule has 140 valence electrons. The van der Waals surface area contributed by atoms with Crippen LogP contribution < -0.4 is 0 Å². The Morgan fingerprint density at radius 3 is 2.48 bits per heavy atom. The topological polar surface area (TPSA) is 114 Å². The number of hydrogen-bond donors (Lipinski definition) is 3. The van der Waals surface area contributed by atoms with Crippen LogP contribution in [0, 0.1) is 5.92 Å². The van der Waals surface area contributed by atoms with Gasteiger partial charge in [-0.05, 0) is 37.9 Å². The molecular weight excluding hydrogens is 328 g/mol. The molecule has 0 unspecified atom stereocenters. The normalized spacial score (nSPS) is 25.8. The van der Waals surface area contributed by atoms with Gasteiger partial charge in [-0.2, -0.15) is 0 Å². The zero-order valence-corrected chi connectivity index (χ0v) is 14.2. The fourth-order valence-corrected chi connectivity index (χ4v) is 3.64. The standard InChI is InChI=1S/C16H24N2O4.CH2O2/c19-15-11-18(8-5-14(15)16(20)21)12-3-6-17(7-4-12)10-13-2-1-9-22-13;2-1-3/h1-2,9,12,14-15,19H,3-8,10-11H2,(H,20,21);1H,(H,2,3)/t14-,15+;/m0./s1. The second kappa shape index (κ2) is 9.55. The number of likely N-dealkylation sites (tertiary alicyclic amines) is 2. The van der Waals surface area contributed by atoms with E-state index >= 15 is 0 Å². The zero-order chi connectivity index (χ0) is 18.2. The van der Waals surface area contributed by atoms with Gasteiger partial charge >= 0.3 is 5.97 Å². The quantitative estimate of drug-likeness (QED) is 0.678. The predicted molar refractivity (Wildman–Crippen MR) is 89.0 cm³/mol. The Labute approximate surface area is 146 Å². The molecule has 3 rings (SSSR count). The minimum absolute atomic E-state index is 0.250. The number of carbonyl (C=O) groups is 2. The number of furan rings is 1. The van der Waals surface area contributed by atoms with Crippen LogP contribution in [0.5, 0.6) is 0 Å². The molecule has 8 nitrogen and oxygen atoms in total. The van der Waals surface area contributed by atoms with Crippen LogP contribution in [-0.4, -0.2) is 75.9 Å². The van der Waals surface area contributed by atoms with Crippen LogP contribution in [0.4, 0.5) is 0 Å². The van der Waals surface area contributed by atoms with Crippen molar-refractivity contribution in [2.45, 2.75) is 38.0 Å². The van der Waals surface area contributed by atoms with Crippen molar-refractivity contribution in [1.82, 2.24) is 9.80 Å². The molecule has 2 fully saturated rings. The molecule has 0 radical (unpaired) electrons. The first-order valence-electron chi connectivity index (χ1n) is 8.52. The molecule has 0 spiro atoms. The van der Waals surface area contributed by atoms with Crippen LogP contribution in [-0.2, 0) is 16.1 Å². The lowest BCUT2D eigenvalue weighted by molar-refractivity contribution is -0.149. The van der Waals surface area contributed by atoms with Crippen molar-refractivity contribution in [3.63, 3.8) is 0 Å². The van der Waals surface area contributed by atoms with Crippen molar-refractivity contribution >= 4 is 12.4 Å². The average Bonchev–Trinajstić information content (AvgIpc) is 3.09. The number of carboxylic acid groups (broad SMARTS) is 2. The molecule has 1 aromatic heterocycles. The molecule has 0 bridgehead atoms. The van der Waals surface area contributed by atoms with Crippen LogP contribution in [0.3, 0.4) is 0 Å². The average molecular weight is 354 g/mol. The molecule has 3 N–H and O–H groups in total. The molecule has 0 aromatic carbocycles. The number of hydrogen-bond acceptors (Lipinski definition) is 6. The van der Waals surface area contributed by atoms with E-state index in [2.05, 4.69) is 9.80 Å². The van der Waals surface area contributed by atoms with Crippen LogP contribution in [0.2, 0.25) is 0 Å². The van der Waals surface area contributed by atoms with Gasteiger partial charge in [0.05, 0.1) is 24.8 Å². The number of aliphatic hydroxyl groups is 1. The monoisotopic (exact) mass is 354 g/mol. The first kappa shape index (κ1) is 19.4. The summed E-state index contributed by atoms with van der Waals surface area (Å²) in [6.07, 6.45) is 3.63. The molecule has 2 atom stereocenters. The van der Waals surface area contributed by atoms with E-state index in [9.17, 15) is 9.90 Å². The number of piperidine rings is 2. The van der Waals surface area contributed by atoms with Gasteiger partial charge < -0.3 is 19.7 Å². The van der Waals surface area contributed by atoms with E-state index in [0.717, 1.165) is 44.8 Å². The third-order valence-corrected chi connectivity index (χ3v) is 4.96. The van der Waals surface area contributed by atoms with Gasteiger partial charge in [0.15, 0.2) is 0 Å². The molecule has 0 aliphatic carbocycles. The lowest BCUT2D eigenvalue weighted by atomic mass is 9.91. The number of aliphatic carboxylic acids is 1. The van der Waals surface area contributed by atoms with Gasteiger partial charge in [0, 0.05) is 25.7 Å². The van der Waals surface area contributed by atoms with Gasteiger partial charge in [-0.3, -0.25) is 19.4 Å². The summed E-state index contributed by atoms with van der Waals surface area (Å²) in [6, 6.07) is 4.37. The zero-order valence-electron chi connectivity index (χ0n) is 14.2. The van der Waals surface area contributed by atoms with Gasteiger partial charge in [-0.25, -0.2) is 0 Å². The van der Waals surface area contributed by atoms with Crippen LogP contribution in [0.25, 0.3) is 0 Å². The highest BCUT2D eigenvalue weighted by atomic mass is 16.4. The van der Waals surface area contributed by atoms with Gasteiger partial charge in [0.25, 0.3) is 6.47 Å². The van der Waals surface area contributed by atoms with E-state index in [0.29, 0.717) is 19.0 Å². The summed E-state index contributed by atoms with van der Waals surface area (Å²) in [6.45, 7) is 3.89. The van der Waals surface area contributed by atoms with E-state index in [1.165, 1.54) is 0 Å². The number of aliphatic hydroxyl groups excluding tert-OH is 1.